The van der Waals surface area contributed by atoms with Gasteiger partial charge in [-0.2, -0.15) is 0 Å². The molecule has 1 atom stereocenters. The van der Waals surface area contributed by atoms with Crippen molar-refractivity contribution in [3.8, 4) is 0 Å². The van der Waals surface area contributed by atoms with Crippen molar-refractivity contribution in [1.29, 1.82) is 0 Å². The first-order valence-corrected chi connectivity index (χ1v) is 10.0. The van der Waals surface area contributed by atoms with Gasteiger partial charge in [-0.15, -0.1) is 0 Å². The summed E-state index contributed by atoms with van der Waals surface area (Å²) in [5.74, 6) is -1.62. The molecule has 1 amide bonds. The average molecular weight is 409 g/mol. The van der Waals surface area contributed by atoms with Crippen molar-refractivity contribution in [2.45, 2.75) is 45.1 Å². The number of carbonyl (C=O) groups excluding carboxylic acids is 3. The van der Waals surface area contributed by atoms with Crippen LogP contribution < -0.4 is 4.90 Å². The van der Waals surface area contributed by atoms with Crippen LogP contribution in [0.15, 0.2) is 48.5 Å². The Balaban J connectivity index is 1.88. The van der Waals surface area contributed by atoms with Gasteiger partial charge >= 0.3 is 5.97 Å². The number of nitrogens with zero attached hydrogens (tertiary/aromatic N) is 1. The number of esters is 1. The number of ketones is 1. The van der Waals surface area contributed by atoms with Crippen molar-refractivity contribution in [3.63, 3.8) is 0 Å². The summed E-state index contributed by atoms with van der Waals surface area (Å²) in [5.41, 5.74) is 0.162. The van der Waals surface area contributed by atoms with E-state index in [1.54, 1.807) is 43.3 Å². The van der Waals surface area contributed by atoms with E-state index in [4.69, 9.17) is 4.74 Å². The minimum absolute atomic E-state index is 0.0479. The first kappa shape index (κ1) is 21.7. The van der Waals surface area contributed by atoms with E-state index in [0.29, 0.717) is 16.8 Å². The zero-order valence-electron chi connectivity index (χ0n) is 17.8. The molecule has 3 rings (SSSR count). The van der Waals surface area contributed by atoms with E-state index in [2.05, 4.69) is 20.8 Å². The molecule has 0 fully saturated rings. The number of Topliss-reactive ketones (excluding diaryl/α,β-unsaturated/α-hetero) is 1. The van der Waals surface area contributed by atoms with E-state index in [-0.39, 0.29) is 24.3 Å². The Kier molecular flexibility index (Phi) is 5.81. The van der Waals surface area contributed by atoms with Crippen LogP contribution in [0.2, 0.25) is 0 Å². The minimum atomic E-state index is -2.02. The number of rotatable bonds is 6. The fourth-order valence-corrected chi connectivity index (χ4v) is 3.66. The molecule has 0 saturated carbocycles. The van der Waals surface area contributed by atoms with Crippen molar-refractivity contribution in [3.05, 3.63) is 65.2 Å². The zero-order valence-corrected chi connectivity index (χ0v) is 17.8. The Morgan fingerprint density at radius 2 is 1.70 bits per heavy atom. The fraction of sp³-hybridized carbons (Fsp3) is 0.375. The van der Waals surface area contributed by atoms with Gasteiger partial charge in [0.15, 0.2) is 11.4 Å². The van der Waals surface area contributed by atoms with Gasteiger partial charge in [-0.1, -0.05) is 63.2 Å². The molecule has 2 aromatic carbocycles. The molecule has 0 aliphatic carbocycles. The standard InChI is InChI=1S/C24H27NO5/c1-5-30-21(27)15-25-19-9-7-6-8-18(19)24(29,22(25)28)14-20(26)16-10-12-17(13-11-16)23(2,3)4/h6-13,29H,5,14-15H2,1-4H3. The molecular weight excluding hydrogens is 382 g/mol. The van der Waals surface area contributed by atoms with Crippen molar-refractivity contribution in [2.75, 3.05) is 18.1 Å². The summed E-state index contributed by atoms with van der Waals surface area (Å²) in [6.07, 6.45) is -0.406. The van der Waals surface area contributed by atoms with E-state index in [1.807, 2.05) is 12.1 Å². The Labute approximate surface area is 176 Å². The molecule has 1 aliphatic rings. The molecule has 0 radical (unpaired) electrons. The summed E-state index contributed by atoms with van der Waals surface area (Å²) in [7, 11) is 0. The van der Waals surface area contributed by atoms with E-state index < -0.39 is 23.9 Å². The lowest BCUT2D eigenvalue weighted by Crippen LogP contribution is -2.44. The van der Waals surface area contributed by atoms with Crippen molar-refractivity contribution < 1.29 is 24.2 Å². The van der Waals surface area contributed by atoms with Crippen LogP contribution in [-0.2, 0) is 25.3 Å². The minimum Gasteiger partial charge on any atom is -0.465 e. The lowest BCUT2D eigenvalue weighted by molar-refractivity contribution is -0.144. The van der Waals surface area contributed by atoms with E-state index >= 15 is 0 Å². The highest BCUT2D eigenvalue weighted by molar-refractivity contribution is 6.12. The molecule has 158 valence electrons. The van der Waals surface area contributed by atoms with Crippen molar-refractivity contribution in [2.24, 2.45) is 0 Å². The maximum absolute atomic E-state index is 13.1. The molecule has 6 nitrogen and oxygen atoms in total. The van der Waals surface area contributed by atoms with Gasteiger partial charge in [0.25, 0.3) is 5.91 Å². The van der Waals surface area contributed by atoms with Gasteiger partial charge in [-0.05, 0) is 24.0 Å². The Morgan fingerprint density at radius 1 is 1.07 bits per heavy atom. The summed E-state index contributed by atoms with van der Waals surface area (Å²) in [4.78, 5) is 39.2. The molecule has 30 heavy (non-hydrogen) atoms. The Hall–Kier alpha value is -2.99. The number of anilines is 1. The highest BCUT2D eigenvalue weighted by Gasteiger charge is 2.51. The normalized spacial score (nSPS) is 18.3. The maximum atomic E-state index is 13.1. The smallest absolute Gasteiger partial charge is 0.326 e. The van der Waals surface area contributed by atoms with Gasteiger partial charge < -0.3 is 9.84 Å². The Morgan fingerprint density at radius 3 is 2.30 bits per heavy atom. The van der Waals surface area contributed by atoms with Crippen molar-refractivity contribution >= 4 is 23.3 Å². The lowest BCUT2D eigenvalue weighted by Gasteiger charge is -2.23. The fourth-order valence-electron chi connectivity index (χ4n) is 3.66. The van der Waals surface area contributed by atoms with Gasteiger partial charge in [0.05, 0.1) is 18.7 Å². The second-order valence-corrected chi connectivity index (χ2v) is 8.50. The first-order chi connectivity index (χ1) is 14.1. The van der Waals surface area contributed by atoms with E-state index in [9.17, 15) is 19.5 Å². The molecule has 1 N–H and O–H groups in total. The van der Waals surface area contributed by atoms with Crippen molar-refractivity contribution in [1.82, 2.24) is 0 Å². The summed E-state index contributed by atoms with van der Waals surface area (Å²) >= 11 is 0. The van der Waals surface area contributed by atoms with Crippen LogP contribution >= 0.6 is 0 Å². The van der Waals surface area contributed by atoms with Gasteiger partial charge in [0, 0.05) is 11.1 Å². The molecule has 0 bridgehead atoms. The third kappa shape index (κ3) is 4.00. The third-order valence-electron chi connectivity index (χ3n) is 5.32. The predicted molar refractivity (Wildman–Crippen MR) is 113 cm³/mol. The van der Waals surface area contributed by atoms with Crippen LogP contribution in [-0.4, -0.2) is 35.9 Å². The molecule has 2 aromatic rings. The number of fused-ring (bicyclic) bond motifs is 1. The summed E-state index contributed by atoms with van der Waals surface area (Å²) in [6, 6.07) is 13.9. The van der Waals surface area contributed by atoms with Crippen LogP contribution in [0.3, 0.4) is 0 Å². The van der Waals surface area contributed by atoms with Gasteiger partial charge in [-0.3, -0.25) is 19.3 Å². The molecule has 0 saturated heterocycles. The third-order valence-corrected chi connectivity index (χ3v) is 5.32. The monoisotopic (exact) mass is 409 g/mol. The molecule has 0 aromatic heterocycles. The van der Waals surface area contributed by atoms with Gasteiger partial charge in [-0.25, -0.2) is 0 Å². The van der Waals surface area contributed by atoms with Crippen LogP contribution in [0.5, 0.6) is 0 Å². The number of aliphatic hydroxyl groups is 1. The average Bonchev–Trinajstić information content (AvgIpc) is 2.90. The van der Waals surface area contributed by atoms with E-state index in [0.717, 1.165) is 5.56 Å². The molecular formula is C24H27NO5. The maximum Gasteiger partial charge on any atom is 0.326 e. The number of para-hydroxylation sites is 1. The molecule has 1 unspecified atom stereocenters. The highest BCUT2D eigenvalue weighted by Crippen LogP contribution is 2.42. The molecule has 1 heterocycles. The second kappa shape index (κ2) is 8.03. The largest absolute Gasteiger partial charge is 0.465 e. The number of amides is 1. The first-order valence-electron chi connectivity index (χ1n) is 10.0. The number of ether oxygens (including phenoxy) is 1. The van der Waals surface area contributed by atoms with Gasteiger partial charge in [0.2, 0.25) is 0 Å². The van der Waals surface area contributed by atoms with Crippen LogP contribution in [0.4, 0.5) is 5.69 Å². The number of carbonyl (C=O) groups is 3. The summed E-state index contributed by atoms with van der Waals surface area (Å²) < 4.78 is 4.94. The van der Waals surface area contributed by atoms with Crippen LogP contribution in [0, 0.1) is 0 Å². The van der Waals surface area contributed by atoms with Crippen LogP contribution in [0.1, 0.15) is 55.6 Å². The molecule has 6 heteroatoms. The number of hydrogen-bond donors (Lipinski definition) is 1. The summed E-state index contributed by atoms with van der Waals surface area (Å²) in [6.45, 7) is 7.80. The number of benzene rings is 2. The van der Waals surface area contributed by atoms with E-state index in [1.165, 1.54) is 4.90 Å². The van der Waals surface area contributed by atoms with Crippen LogP contribution in [0.25, 0.3) is 0 Å². The second-order valence-electron chi connectivity index (χ2n) is 8.50. The summed E-state index contributed by atoms with van der Waals surface area (Å²) in [5, 5.41) is 11.3. The lowest BCUT2D eigenvalue weighted by atomic mass is 9.85. The quantitative estimate of drug-likeness (QED) is 0.584. The number of hydrogen-bond acceptors (Lipinski definition) is 5. The molecule has 1 aliphatic heterocycles. The zero-order chi connectivity index (χ0) is 22.1. The van der Waals surface area contributed by atoms with Gasteiger partial charge in [0.1, 0.15) is 6.54 Å². The SMILES string of the molecule is CCOC(=O)CN1C(=O)C(O)(CC(=O)c2ccc(C(C)(C)C)cc2)c2ccccc21. The Bertz CT molecular complexity index is 974. The topological polar surface area (TPSA) is 83.9 Å². The highest BCUT2D eigenvalue weighted by atomic mass is 16.5. The predicted octanol–water partition coefficient (Wildman–Crippen LogP) is 3.35. The molecule has 0 spiro atoms.